The number of hydrogen-bond donors (Lipinski definition) is 2. The minimum Gasteiger partial charge on any atom is -0.478 e. The quantitative estimate of drug-likeness (QED) is 0.887. The first-order valence-corrected chi connectivity index (χ1v) is 7.59. The zero-order valence-electron chi connectivity index (χ0n) is 10.6. The minimum atomic E-state index is -1.35. The molecule has 5 nitrogen and oxygen atoms in total. The van der Waals surface area contributed by atoms with Gasteiger partial charge >= 0.3 is 5.97 Å². The molecule has 1 heterocycles. The highest BCUT2D eigenvalue weighted by molar-refractivity contribution is 7.84. The number of nitrogens with one attached hydrogen (secondary N) is 1. The highest BCUT2D eigenvalue weighted by atomic mass is 35.5. The van der Waals surface area contributed by atoms with E-state index in [1.807, 2.05) is 0 Å². The van der Waals surface area contributed by atoms with Crippen molar-refractivity contribution in [2.24, 2.45) is 0 Å². The largest absolute Gasteiger partial charge is 0.478 e. The fraction of sp³-hybridized carbons (Fsp3) is 0.154. The predicted octanol–water partition coefficient (Wildman–Crippen LogP) is 2.98. The van der Waals surface area contributed by atoms with Crippen molar-refractivity contribution in [3.63, 3.8) is 0 Å². The van der Waals surface area contributed by atoms with Crippen LogP contribution in [0.3, 0.4) is 0 Å². The molecule has 0 radical (unpaired) electrons. The number of carboxylic acids is 1. The van der Waals surface area contributed by atoms with Crippen LogP contribution in [-0.2, 0) is 17.3 Å². The van der Waals surface area contributed by atoms with E-state index >= 15 is 0 Å². The topological polar surface area (TPSA) is 79.5 Å². The standard InChI is InChI=1S/C13H12ClNO4S/c1-20(18)12-5-9(13(16)17)11(6-10(12)14)15-7-8-3-2-4-19-8/h2-6,15H,7H2,1H3,(H,16,17). The van der Waals surface area contributed by atoms with Crippen molar-refractivity contribution in [2.45, 2.75) is 11.4 Å². The molecular formula is C13H12ClNO4S. The molecule has 7 heteroatoms. The van der Waals surface area contributed by atoms with Crippen LogP contribution in [-0.4, -0.2) is 21.5 Å². The first-order valence-electron chi connectivity index (χ1n) is 5.65. The third-order valence-electron chi connectivity index (χ3n) is 2.65. The fourth-order valence-corrected chi connectivity index (χ4v) is 2.80. The summed E-state index contributed by atoms with van der Waals surface area (Å²) in [6.07, 6.45) is 2.98. The Bertz CT molecular complexity index is 655. The van der Waals surface area contributed by atoms with Crippen LogP contribution in [0.1, 0.15) is 16.1 Å². The van der Waals surface area contributed by atoms with Crippen LogP contribution in [0.15, 0.2) is 39.8 Å². The smallest absolute Gasteiger partial charge is 0.337 e. The molecule has 0 saturated carbocycles. The van der Waals surface area contributed by atoms with E-state index in [0.29, 0.717) is 22.9 Å². The number of hydrogen-bond acceptors (Lipinski definition) is 4. The number of halogens is 1. The van der Waals surface area contributed by atoms with Crippen molar-refractivity contribution in [1.82, 2.24) is 0 Å². The number of carboxylic acid groups (broad SMARTS) is 1. The fourth-order valence-electron chi connectivity index (χ4n) is 1.69. The molecule has 1 aromatic carbocycles. The summed E-state index contributed by atoms with van der Waals surface area (Å²) in [5, 5.41) is 12.4. The Morgan fingerprint density at radius 1 is 1.50 bits per heavy atom. The van der Waals surface area contributed by atoms with Crippen LogP contribution in [0, 0.1) is 0 Å². The first kappa shape index (κ1) is 14.6. The minimum absolute atomic E-state index is 0.0196. The molecule has 0 saturated heterocycles. The molecule has 1 aromatic heterocycles. The van der Waals surface area contributed by atoms with Crippen LogP contribution in [0.25, 0.3) is 0 Å². The average Bonchev–Trinajstić information content (AvgIpc) is 2.88. The molecule has 1 atom stereocenters. The van der Waals surface area contributed by atoms with Crippen molar-refractivity contribution < 1.29 is 18.5 Å². The van der Waals surface area contributed by atoms with E-state index in [-0.39, 0.29) is 10.6 Å². The number of furan rings is 1. The van der Waals surface area contributed by atoms with E-state index < -0.39 is 16.8 Å². The maximum Gasteiger partial charge on any atom is 0.337 e. The number of carbonyl (C=O) groups is 1. The number of aromatic carboxylic acids is 1. The van der Waals surface area contributed by atoms with Gasteiger partial charge in [-0.05, 0) is 24.3 Å². The Morgan fingerprint density at radius 3 is 2.80 bits per heavy atom. The number of rotatable bonds is 5. The Labute approximate surface area is 123 Å². The molecule has 2 aromatic rings. The predicted molar refractivity (Wildman–Crippen MR) is 76.8 cm³/mol. The lowest BCUT2D eigenvalue weighted by atomic mass is 10.1. The van der Waals surface area contributed by atoms with E-state index in [1.54, 1.807) is 12.1 Å². The third kappa shape index (κ3) is 3.20. The molecule has 0 aliphatic carbocycles. The Balaban J connectivity index is 2.33. The summed E-state index contributed by atoms with van der Waals surface area (Å²) < 4.78 is 16.7. The summed E-state index contributed by atoms with van der Waals surface area (Å²) in [4.78, 5) is 11.6. The van der Waals surface area contributed by atoms with Crippen molar-refractivity contribution in [3.8, 4) is 0 Å². The third-order valence-corrected chi connectivity index (χ3v) is 4.03. The summed E-state index contributed by atoms with van der Waals surface area (Å²) in [7, 11) is -1.35. The maximum absolute atomic E-state index is 11.5. The van der Waals surface area contributed by atoms with Crippen LogP contribution in [0.4, 0.5) is 5.69 Å². The molecule has 1 unspecified atom stereocenters. The lowest BCUT2D eigenvalue weighted by Gasteiger charge is -2.11. The van der Waals surface area contributed by atoms with Gasteiger partial charge in [-0.2, -0.15) is 0 Å². The van der Waals surface area contributed by atoms with Gasteiger partial charge in [-0.3, -0.25) is 4.21 Å². The monoisotopic (exact) mass is 313 g/mol. The van der Waals surface area contributed by atoms with E-state index in [2.05, 4.69) is 5.32 Å². The van der Waals surface area contributed by atoms with Crippen LogP contribution < -0.4 is 5.32 Å². The van der Waals surface area contributed by atoms with Crippen molar-refractivity contribution in [3.05, 3.63) is 46.9 Å². The van der Waals surface area contributed by atoms with E-state index in [4.69, 9.17) is 16.0 Å². The van der Waals surface area contributed by atoms with Gasteiger partial charge in [-0.1, -0.05) is 11.6 Å². The summed E-state index contributed by atoms with van der Waals surface area (Å²) >= 11 is 6.01. The van der Waals surface area contributed by atoms with Crippen molar-refractivity contribution in [2.75, 3.05) is 11.6 Å². The zero-order valence-corrected chi connectivity index (χ0v) is 12.1. The van der Waals surface area contributed by atoms with Gasteiger partial charge in [0, 0.05) is 6.26 Å². The van der Waals surface area contributed by atoms with Gasteiger partial charge in [-0.25, -0.2) is 4.79 Å². The highest BCUT2D eigenvalue weighted by Gasteiger charge is 2.16. The van der Waals surface area contributed by atoms with Gasteiger partial charge in [0.15, 0.2) is 0 Å². The molecule has 20 heavy (non-hydrogen) atoms. The van der Waals surface area contributed by atoms with E-state index in [9.17, 15) is 14.1 Å². The Morgan fingerprint density at radius 2 is 2.25 bits per heavy atom. The van der Waals surface area contributed by atoms with Crippen molar-refractivity contribution in [1.29, 1.82) is 0 Å². The summed E-state index contributed by atoms with van der Waals surface area (Å²) in [6.45, 7) is 0.332. The lowest BCUT2D eigenvalue weighted by molar-refractivity contribution is 0.0697. The highest BCUT2D eigenvalue weighted by Crippen LogP contribution is 2.28. The average molecular weight is 314 g/mol. The first-order chi connectivity index (χ1) is 9.49. The number of anilines is 1. The lowest BCUT2D eigenvalue weighted by Crippen LogP contribution is -2.07. The van der Waals surface area contributed by atoms with Gasteiger partial charge < -0.3 is 14.8 Å². The van der Waals surface area contributed by atoms with Gasteiger partial charge in [0.25, 0.3) is 0 Å². The molecule has 0 spiro atoms. The maximum atomic E-state index is 11.5. The molecule has 106 valence electrons. The molecule has 0 fully saturated rings. The Hall–Kier alpha value is -1.79. The van der Waals surface area contributed by atoms with E-state index in [1.165, 1.54) is 24.7 Å². The summed E-state index contributed by atoms with van der Waals surface area (Å²) in [5.74, 6) is -0.448. The molecule has 0 bridgehead atoms. The van der Waals surface area contributed by atoms with E-state index in [0.717, 1.165) is 0 Å². The van der Waals surface area contributed by atoms with Gasteiger partial charge in [-0.15, -0.1) is 0 Å². The zero-order chi connectivity index (χ0) is 14.7. The molecule has 2 rings (SSSR count). The number of benzene rings is 1. The van der Waals surface area contributed by atoms with Crippen LogP contribution >= 0.6 is 11.6 Å². The van der Waals surface area contributed by atoms with Crippen molar-refractivity contribution >= 4 is 34.1 Å². The second-order valence-electron chi connectivity index (χ2n) is 4.02. The van der Waals surface area contributed by atoms with Gasteiger partial charge in [0.05, 0.1) is 44.8 Å². The van der Waals surface area contributed by atoms with Crippen LogP contribution in [0.2, 0.25) is 5.02 Å². The molecule has 0 amide bonds. The molecule has 2 N–H and O–H groups in total. The summed E-state index contributed by atoms with van der Waals surface area (Å²) in [6, 6.07) is 6.30. The summed E-state index contributed by atoms with van der Waals surface area (Å²) in [5.41, 5.74) is 0.374. The molecule has 0 aliphatic heterocycles. The molecule has 0 aliphatic rings. The molecular weight excluding hydrogens is 302 g/mol. The second-order valence-corrected chi connectivity index (χ2v) is 5.78. The normalized spacial score (nSPS) is 12.1. The second kappa shape index (κ2) is 6.11. The Kier molecular flexibility index (Phi) is 4.46. The van der Waals surface area contributed by atoms with Crippen LogP contribution in [0.5, 0.6) is 0 Å². The van der Waals surface area contributed by atoms with Gasteiger partial charge in [0.1, 0.15) is 5.76 Å². The SMILES string of the molecule is CS(=O)c1cc(C(=O)O)c(NCc2ccco2)cc1Cl. The van der Waals surface area contributed by atoms with Gasteiger partial charge in [0.2, 0.25) is 0 Å².